The molecule has 0 unspecified atom stereocenters. The van der Waals surface area contributed by atoms with Crippen molar-refractivity contribution in [1.29, 1.82) is 0 Å². The average Bonchev–Trinajstić information content (AvgIpc) is 1.63. The molecule has 3 aromatic carbocycles. The van der Waals surface area contributed by atoms with E-state index in [1.807, 2.05) is 80.6 Å². The molecule has 6 heterocycles. The first-order valence-electron chi connectivity index (χ1n) is 39.1. The van der Waals surface area contributed by atoms with Crippen molar-refractivity contribution in [2.75, 3.05) is 19.8 Å². The lowest BCUT2D eigenvalue weighted by atomic mass is 9.57. The molecule has 9 aliphatic rings. The summed E-state index contributed by atoms with van der Waals surface area (Å²) in [4.78, 5) is 74.9. The monoisotopic (exact) mass is 1510 g/mol. The minimum absolute atomic E-state index is 0.000514. The molecule has 6 saturated carbocycles. The number of amides is 4. The largest absolute Gasteiger partial charge is 0.462 e. The van der Waals surface area contributed by atoms with Gasteiger partial charge in [0.2, 0.25) is 15.9 Å². The number of halogens is 3. The van der Waals surface area contributed by atoms with Crippen LogP contribution in [0.15, 0.2) is 146 Å². The molecule has 5 N–H and O–H groups in total. The zero-order chi connectivity index (χ0) is 76.6. The van der Waals surface area contributed by atoms with E-state index in [9.17, 15) is 45.6 Å². The van der Waals surface area contributed by atoms with Gasteiger partial charge in [0.05, 0.1) is 48.1 Å². The highest BCUT2D eigenvalue weighted by atomic mass is 32.2. The maximum absolute atomic E-state index is 13.6. The Labute approximate surface area is 637 Å². The molecule has 0 bridgehead atoms. The van der Waals surface area contributed by atoms with E-state index in [4.69, 9.17) is 18.9 Å². The first-order valence-corrected chi connectivity index (χ1v) is 40.7. The van der Waals surface area contributed by atoms with E-state index >= 15 is 0 Å². The Morgan fingerprint density at radius 1 is 0.495 bits per heavy atom. The molecule has 3 aliphatic heterocycles. The number of benzene rings is 3. The average molecular weight is 1510 g/mol. The Bertz CT molecular complexity index is 4310. The van der Waals surface area contributed by atoms with E-state index in [1.165, 1.54) is 36.4 Å². The number of nitrogens with zero attached hydrogens (tertiary/aromatic N) is 3. The van der Waals surface area contributed by atoms with Gasteiger partial charge < -0.3 is 40.2 Å². The third kappa shape index (κ3) is 18.3. The number of carbonyl (C=O) groups is 5. The van der Waals surface area contributed by atoms with E-state index in [-0.39, 0.29) is 131 Å². The normalized spacial score (nSPS) is 31.8. The first kappa shape index (κ1) is 77.9. The van der Waals surface area contributed by atoms with Crippen molar-refractivity contribution in [2.24, 2.45) is 82.9 Å². The summed E-state index contributed by atoms with van der Waals surface area (Å²) < 4.78 is 90.6. The third-order valence-electron chi connectivity index (χ3n) is 24.8. The molecule has 6 aliphatic carbocycles. The number of aromatic nitrogens is 3. The van der Waals surface area contributed by atoms with Crippen LogP contribution < -0.4 is 26.0 Å². The Morgan fingerprint density at radius 3 is 1.28 bits per heavy atom. The molecule has 0 spiro atoms. The molecule has 19 nitrogen and oxygen atoms in total. The van der Waals surface area contributed by atoms with Crippen LogP contribution in [0.4, 0.5) is 27.6 Å². The van der Waals surface area contributed by atoms with Gasteiger partial charge in [-0.1, -0.05) is 79.7 Å². The molecule has 109 heavy (non-hydrogen) atoms. The summed E-state index contributed by atoms with van der Waals surface area (Å²) in [5.41, 5.74) is 7.37. The van der Waals surface area contributed by atoms with Crippen LogP contribution in [0.2, 0.25) is 0 Å². The van der Waals surface area contributed by atoms with Crippen molar-refractivity contribution in [1.82, 2.24) is 40.9 Å². The number of fused-ring (bicyclic) bond motifs is 6. The minimum Gasteiger partial charge on any atom is -0.462 e. The van der Waals surface area contributed by atoms with E-state index in [2.05, 4.69) is 72.2 Å². The standard InChI is InChI=1S/C29H34FN3O3.C29H33FN2O4.C28H34FN3O4S/c1-3-36-29(35)33-23-10-11-24-20(14-23)15-26-27(17(2)32-28(26)34)25(24)12-9-22-8-7-19(16-31-22)18-5-4-6-21(30)13-18;1-3-35-29(34)32-23-10-11-24-20(14-23)15-26-27(17(2)28(33)36-26)25(24)12-9-22-8-7-19(16-31-22)18-5-4-6-21(30)13-18;1-3-36-28(33)31-23-10-11-24-20(14-23)15-26-27(17(2)32-37(26,34)35)25(24)12-9-22-8-7-19(16-30-22)18-5-4-6-21(29)13-18/h4-9,12-13,16-17,20,23-27H,3,10-11,14-15H2,1-2H3,(H,32,34)(H,33,35);4-9,12-13,16-17,20,23-27H,3,10-11,14-15H2,1-2H3,(H,32,34);4-9,12-13,16-17,20,23-27,32H,3,10-11,14-15H2,1-2H3,(H,31,33)/b3*12-9+/t3*17-,20+,23-,24-,25+,26-,27+/m111/s1. The summed E-state index contributed by atoms with van der Waals surface area (Å²) in [6.07, 6.45) is 27.1. The molecule has 3 saturated heterocycles. The lowest BCUT2D eigenvalue weighted by Gasteiger charge is -2.48. The van der Waals surface area contributed by atoms with Gasteiger partial charge in [-0.2, -0.15) is 0 Å². The third-order valence-corrected chi connectivity index (χ3v) is 26.8. The van der Waals surface area contributed by atoms with Crippen LogP contribution in [0.5, 0.6) is 0 Å². The van der Waals surface area contributed by atoms with E-state index in [1.54, 1.807) is 57.6 Å². The number of allylic oxidation sites excluding steroid dienone is 3. The van der Waals surface area contributed by atoms with Gasteiger partial charge in [0.1, 0.15) is 23.6 Å². The molecule has 3 aromatic heterocycles. The van der Waals surface area contributed by atoms with Crippen molar-refractivity contribution < 1.29 is 64.5 Å². The lowest BCUT2D eigenvalue weighted by Crippen LogP contribution is -2.50. The maximum Gasteiger partial charge on any atom is 0.407 e. The van der Waals surface area contributed by atoms with Gasteiger partial charge in [-0.25, -0.2) is 40.7 Å². The van der Waals surface area contributed by atoms with Gasteiger partial charge in [-0.15, -0.1) is 0 Å². The number of nitrogens with one attached hydrogen (secondary N) is 5. The number of alkyl carbamates (subject to hydrolysis) is 3. The van der Waals surface area contributed by atoms with E-state index in [0.29, 0.717) is 55.8 Å². The van der Waals surface area contributed by atoms with Crippen LogP contribution in [0.3, 0.4) is 0 Å². The lowest BCUT2D eigenvalue weighted by molar-refractivity contribution is -0.145. The van der Waals surface area contributed by atoms with Crippen molar-refractivity contribution in [2.45, 2.75) is 160 Å². The molecule has 6 aromatic rings. The fraction of sp³-hybridized carbons (Fsp3) is 0.488. The van der Waals surface area contributed by atoms with Crippen LogP contribution in [-0.2, 0) is 38.6 Å². The molecule has 9 fully saturated rings. The van der Waals surface area contributed by atoms with E-state index in [0.717, 1.165) is 121 Å². The number of pyridine rings is 3. The van der Waals surface area contributed by atoms with Crippen molar-refractivity contribution in [3.05, 3.63) is 181 Å². The molecule has 578 valence electrons. The van der Waals surface area contributed by atoms with Gasteiger partial charge in [-0.3, -0.25) is 24.5 Å². The second-order valence-corrected chi connectivity index (χ2v) is 33.2. The van der Waals surface area contributed by atoms with Gasteiger partial charge >= 0.3 is 24.2 Å². The maximum atomic E-state index is 13.6. The molecule has 15 rings (SSSR count). The molecule has 21 atom stereocenters. The fourth-order valence-corrected chi connectivity index (χ4v) is 22.3. The Hall–Kier alpha value is -9.22. The number of ether oxygens (including phenoxy) is 4. The number of carbonyl (C=O) groups excluding carboxylic acids is 5. The molecule has 0 radical (unpaired) electrons. The second kappa shape index (κ2) is 34.8. The van der Waals surface area contributed by atoms with Gasteiger partial charge in [0.15, 0.2) is 0 Å². The number of rotatable bonds is 15. The van der Waals surface area contributed by atoms with Gasteiger partial charge in [-0.05, 0) is 266 Å². The Kier molecular flexibility index (Phi) is 24.9. The molecule has 23 heteroatoms. The van der Waals surface area contributed by atoms with Crippen molar-refractivity contribution in [3.8, 4) is 33.4 Å². The fourth-order valence-electron chi connectivity index (χ4n) is 20.1. The summed E-state index contributed by atoms with van der Waals surface area (Å²) in [6, 6.07) is 31.2. The van der Waals surface area contributed by atoms with Crippen molar-refractivity contribution >= 4 is 58.4 Å². The minimum atomic E-state index is -3.39. The quantitative estimate of drug-likeness (QED) is 0.0474. The molecule has 4 amide bonds. The topological polar surface area (TPSA) is 255 Å². The SMILES string of the molecule is CCOC(=O)N[C@@H]1CC[C@@H]2[C@@H](C1)C[C@@H]1[C@H]([C@H]2/C=C/c2ccc(-c3cccc(F)c3)cn2)[C@@H](C)NS1(=O)=O.CCOC(=O)N[C@@H]1CC[C@@H]2[C@@H](C1)C[C@H]1C(=O)N[C@H](C)[C@H]1[C@H]2/C=C/c1ccc(-c2cccc(F)c2)cn1.CCOC(=O)N[C@@H]1CC[C@@H]2[C@@H](C1)C[C@H]1OC(=O)[C@H](C)[C@H]1[C@H]2/C=C/c1ccc(-c2cccc(F)c2)cn1. The molecular formula is C86H101F3N8O11S. The smallest absolute Gasteiger partial charge is 0.407 e. The first-order chi connectivity index (χ1) is 52.6. The number of sulfonamides is 1. The number of esters is 1. The second-order valence-electron chi connectivity index (χ2n) is 31.2. The Morgan fingerprint density at radius 2 is 0.890 bits per heavy atom. The molecular weight excluding hydrogens is 1410 g/mol. The van der Waals surface area contributed by atoms with Crippen LogP contribution >= 0.6 is 0 Å². The summed E-state index contributed by atoms with van der Waals surface area (Å²) in [5.74, 6) is 2.18. The highest BCUT2D eigenvalue weighted by molar-refractivity contribution is 7.90. The summed E-state index contributed by atoms with van der Waals surface area (Å²) in [6.45, 7) is 12.5. The number of hydrogen-bond donors (Lipinski definition) is 5. The Balaban J connectivity index is 0.000000144. The van der Waals surface area contributed by atoms with Crippen molar-refractivity contribution in [3.63, 3.8) is 0 Å². The predicted octanol–water partition coefficient (Wildman–Crippen LogP) is 15.6. The zero-order valence-electron chi connectivity index (χ0n) is 62.7. The zero-order valence-corrected chi connectivity index (χ0v) is 63.5. The highest BCUT2D eigenvalue weighted by Crippen LogP contribution is 2.56. The van der Waals surface area contributed by atoms with Crippen LogP contribution in [0.1, 0.15) is 136 Å². The van der Waals surface area contributed by atoms with Gasteiger partial charge in [0.25, 0.3) is 0 Å². The highest BCUT2D eigenvalue weighted by Gasteiger charge is 2.58. The van der Waals surface area contributed by atoms with Crippen LogP contribution in [0, 0.1) is 100 Å². The van der Waals surface area contributed by atoms with Gasteiger partial charge in [0, 0.05) is 77.3 Å². The van der Waals surface area contributed by atoms with Crippen LogP contribution in [-0.4, -0.2) is 115 Å². The van der Waals surface area contributed by atoms with Crippen LogP contribution in [0.25, 0.3) is 51.6 Å². The van der Waals surface area contributed by atoms with E-state index < -0.39 is 21.4 Å². The predicted molar refractivity (Wildman–Crippen MR) is 411 cm³/mol. The summed E-state index contributed by atoms with van der Waals surface area (Å²) >= 11 is 0. The summed E-state index contributed by atoms with van der Waals surface area (Å²) in [5, 5.41) is 11.7. The summed E-state index contributed by atoms with van der Waals surface area (Å²) in [7, 11) is -3.39. The number of hydrogen-bond acceptors (Lipinski definition) is 14.